The molecule has 18 heavy (non-hydrogen) atoms. The Morgan fingerprint density at radius 1 is 1.39 bits per heavy atom. The molecule has 0 aromatic carbocycles. The standard InChI is InChI=1S/C14H29N3O/c1-12-11-17(9-8-16(12)3)7-6-15-13(2)14-5-4-10-18-14/h12-15H,4-11H2,1-3H3. The van der Waals surface area contributed by atoms with E-state index in [2.05, 4.69) is 36.0 Å². The van der Waals surface area contributed by atoms with Crippen LogP contribution in [-0.2, 0) is 4.74 Å². The molecule has 4 nitrogen and oxygen atoms in total. The zero-order chi connectivity index (χ0) is 13.0. The zero-order valence-electron chi connectivity index (χ0n) is 12.2. The van der Waals surface area contributed by atoms with E-state index in [4.69, 9.17) is 4.74 Å². The highest BCUT2D eigenvalue weighted by atomic mass is 16.5. The molecule has 2 aliphatic rings. The molecule has 0 amide bonds. The number of nitrogens with zero attached hydrogens (tertiary/aromatic N) is 2. The second-order valence-electron chi connectivity index (χ2n) is 5.92. The molecule has 0 radical (unpaired) electrons. The van der Waals surface area contributed by atoms with E-state index in [0.29, 0.717) is 18.2 Å². The molecular weight excluding hydrogens is 226 g/mol. The number of hydrogen-bond donors (Lipinski definition) is 1. The molecule has 1 N–H and O–H groups in total. The fourth-order valence-electron chi connectivity index (χ4n) is 2.91. The summed E-state index contributed by atoms with van der Waals surface area (Å²) in [6.07, 6.45) is 2.89. The van der Waals surface area contributed by atoms with Gasteiger partial charge in [-0.2, -0.15) is 0 Å². The molecular formula is C14H29N3O. The molecule has 0 aromatic heterocycles. The fraction of sp³-hybridized carbons (Fsp3) is 1.00. The van der Waals surface area contributed by atoms with Crippen LogP contribution >= 0.6 is 0 Å². The molecule has 2 saturated heterocycles. The molecule has 2 heterocycles. The number of piperazine rings is 1. The van der Waals surface area contributed by atoms with Crippen LogP contribution in [0.15, 0.2) is 0 Å². The highest BCUT2D eigenvalue weighted by Gasteiger charge is 2.23. The monoisotopic (exact) mass is 255 g/mol. The fourth-order valence-corrected chi connectivity index (χ4v) is 2.91. The highest BCUT2D eigenvalue weighted by molar-refractivity contribution is 4.79. The lowest BCUT2D eigenvalue weighted by Gasteiger charge is -2.37. The van der Waals surface area contributed by atoms with Crippen molar-refractivity contribution in [3.63, 3.8) is 0 Å². The van der Waals surface area contributed by atoms with Gasteiger partial charge in [0, 0.05) is 51.4 Å². The van der Waals surface area contributed by atoms with Crippen molar-refractivity contribution in [2.75, 3.05) is 46.4 Å². The Balaban J connectivity index is 1.60. The van der Waals surface area contributed by atoms with Crippen molar-refractivity contribution in [3.05, 3.63) is 0 Å². The Morgan fingerprint density at radius 2 is 2.22 bits per heavy atom. The first-order valence-corrected chi connectivity index (χ1v) is 7.44. The molecule has 2 rings (SSSR count). The molecule has 4 heteroatoms. The van der Waals surface area contributed by atoms with Crippen LogP contribution in [0.1, 0.15) is 26.7 Å². The molecule has 3 unspecified atom stereocenters. The average molecular weight is 255 g/mol. The van der Waals surface area contributed by atoms with E-state index in [9.17, 15) is 0 Å². The van der Waals surface area contributed by atoms with Crippen LogP contribution in [0.2, 0.25) is 0 Å². The lowest BCUT2D eigenvalue weighted by atomic mass is 10.1. The molecule has 2 aliphatic heterocycles. The Morgan fingerprint density at radius 3 is 2.89 bits per heavy atom. The second kappa shape index (κ2) is 6.85. The lowest BCUT2D eigenvalue weighted by Crippen LogP contribution is -2.52. The predicted octanol–water partition coefficient (Wildman–Crippen LogP) is 0.779. The smallest absolute Gasteiger partial charge is 0.0726 e. The van der Waals surface area contributed by atoms with Crippen LogP contribution in [0, 0.1) is 0 Å². The summed E-state index contributed by atoms with van der Waals surface area (Å²) in [6, 6.07) is 1.19. The SMILES string of the molecule is CC(NCCN1CCN(C)C(C)C1)C1CCCO1. The average Bonchev–Trinajstić information content (AvgIpc) is 2.87. The quantitative estimate of drug-likeness (QED) is 0.786. The van der Waals surface area contributed by atoms with Crippen molar-refractivity contribution < 1.29 is 4.74 Å². The summed E-state index contributed by atoms with van der Waals surface area (Å²) in [6.45, 7) is 11.4. The predicted molar refractivity (Wildman–Crippen MR) is 75.0 cm³/mol. The first-order chi connectivity index (χ1) is 8.66. The van der Waals surface area contributed by atoms with Gasteiger partial charge in [0.05, 0.1) is 6.10 Å². The Hall–Kier alpha value is -0.160. The van der Waals surface area contributed by atoms with Gasteiger partial charge in [0.1, 0.15) is 0 Å². The van der Waals surface area contributed by atoms with Crippen LogP contribution in [0.3, 0.4) is 0 Å². The third-order valence-corrected chi connectivity index (χ3v) is 4.46. The van der Waals surface area contributed by atoms with Crippen molar-refractivity contribution in [1.29, 1.82) is 0 Å². The van der Waals surface area contributed by atoms with Gasteiger partial charge in [0.15, 0.2) is 0 Å². The summed E-state index contributed by atoms with van der Waals surface area (Å²) >= 11 is 0. The summed E-state index contributed by atoms with van der Waals surface area (Å²) < 4.78 is 5.71. The van der Waals surface area contributed by atoms with E-state index in [1.54, 1.807) is 0 Å². The van der Waals surface area contributed by atoms with Crippen molar-refractivity contribution in [2.24, 2.45) is 0 Å². The van der Waals surface area contributed by atoms with Gasteiger partial charge in [-0.3, -0.25) is 4.90 Å². The van der Waals surface area contributed by atoms with E-state index < -0.39 is 0 Å². The van der Waals surface area contributed by atoms with Gasteiger partial charge in [0.25, 0.3) is 0 Å². The molecule has 106 valence electrons. The molecule has 2 fully saturated rings. The summed E-state index contributed by atoms with van der Waals surface area (Å²) in [5.41, 5.74) is 0. The van der Waals surface area contributed by atoms with Crippen molar-refractivity contribution in [3.8, 4) is 0 Å². The summed E-state index contributed by atoms with van der Waals surface area (Å²) in [5, 5.41) is 3.62. The van der Waals surface area contributed by atoms with E-state index in [0.717, 1.165) is 19.7 Å². The topological polar surface area (TPSA) is 27.7 Å². The van der Waals surface area contributed by atoms with Crippen molar-refractivity contribution in [1.82, 2.24) is 15.1 Å². The highest BCUT2D eigenvalue weighted by Crippen LogP contribution is 2.15. The number of nitrogens with one attached hydrogen (secondary N) is 1. The Labute approximate surface area is 112 Å². The molecule has 0 bridgehead atoms. The van der Waals surface area contributed by atoms with Gasteiger partial charge in [-0.25, -0.2) is 0 Å². The maximum absolute atomic E-state index is 5.71. The Bertz CT molecular complexity index is 243. The molecule has 0 saturated carbocycles. The summed E-state index contributed by atoms with van der Waals surface area (Å²) in [4.78, 5) is 5.01. The molecule has 0 spiro atoms. The minimum atomic E-state index is 0.441. The van der Waals surface area contributed by atoms with Gasteiger partial charge in [0.2, 0.25) is 0 Å². The molecule has 0 aliphatic carbocycles. The second-order valence-corrected chi connectivity index (χ2v) is 5.92. The zero-order valence-corrected chi connectivity index (χ0v) is 12.2. The maximum Gasteiger partial charge on any atom is 0.0726 e. The first-order valence-electron chi connectivity index (χ1n) is 7.44. The minimum absolute atomic E-state index is 0.441. The largest absolute Gasteiger partial charge is 0.377 e. The van der Waals surface area contributed by atoms with Gasteiger partial charge >= 0.3 is 0 Å². The van der Waals surface area contributed by atoms with E-state index >= 15 is 0 Å². The molecule has 3 atom stereocenters. The van der Waals surface area contributed by atoms with Crippen molar-refractivity contribution >= 4 is 0 Å². The number of hydrogen-bond acceptors (Lipinski definition) is 4. The van der Waals surface area contributed by atoms with Crippen LogP contribution in [0.25, 0.3) is 0 Å². The van der Waals surface area contributed by atoms with Gasteiger partial charge in [-0.05, 0) is 33.7 Å². The summed E-state index contributed by atoms with van der Waals surface area (Å²) in [5.74, 6) is 0. The van der Waals surface area contributed by atoms with Crippen LogP contribution in [0.4, 0.5) is 0 Å². The van der Waals surface area contributed by atoms with Gasteiger partial charge in [-0.15, -0.1) is 0 Å². The maximum atomic E-state index is 5.71. The molecule has 0 aromatic rings. The van der Waals surface area contributed by atoms with Crippen LogP contribution in [-0.4, -0.2) is 74.4 Å². The van der Waals surface area contributed by atoms with Crippen molar-refractivity contribution in [2.45, 2.75) is 44.9 Å². The third kappa shape index (κ3) is 3.92. The minimum Gasteiger partial charge on any atom is -0.377 e. The number of likely N-dealkylation sites (N-methyl/N-ethyl adjacent to an activating group) is 1. The number of ether oxygens (including phenoxy) is 1. The van der Waals surface area contributed by atoms with Crippen LogP contribution in [0.5, 0.6) is 0 Å². The Kier molecular flexibility index (Phi) is 5.42. The van der Waals surface area contributed by atoms with E-state index in [1.165, 1.54) is 32.5 Å². The van der Waals surface area contributed by atoms with E-state index in [1.807, 2.05) is 0 Å². The third-order valence-electron chi connectivity index (χ3n) is 4.46. The van der Waals surface area contributed by atoms with Crippen LogP contribution < -0.4 is 5.32 Å². The normalized spacial score (nSPS) is 32.8. The van der Waals surface area contributed by atoms with Gasteiger partial charge in [-0.1, -0.05) is 0 Å². The first kappa shape index (κ1) is 14.3. The summed E-state index contributed by atoms with van der Waals surface area (Å²) in [7, 11) is 2.22. The number of rotatable bonds is 5. The lowest BCUT2D eigenvalue weighted by molar-refractivity contribution is 0.0780. The van der Waals surface area contributed by atoms with E-state index in [-0.39, 0.29) is 0 Å². The van der Waals surface area contributed by atoms with Gasteiger partial charge < -0.3 is 15.0 Å².